The second-order valence-corrected chi connectivity index (χ2v) is 8.84. The summed E-state index contributed by atoms with van der Waals surface area (Å²) < 4.78 is 13.7. The van der Waals surface area contributed by atoms with Crippen LogP contribution in [0.15, 0.2) is 53.7 Å². The Balaban J connectivity index is 1.38. The van der Waals surface area contributed by atoms with Gasteiger partial charge in [-0.25, -0.2) is 0 Å². The van der Waals surface area contributed by atoms with Gasteiger partial charge in [-0.15, -0.1) is 10.2 Å². The molecule has 1 fully saturated rings. The Morgan fingerprint density at radius 2 is 1.84 bits per heavy atom. The van der Waals surface area contributed by atoms with Gasteiger partial charge in [0, 0.05) is 18.8 Å². The van der Waals surface area contributed by atoms with E-state index < -0.39 is 0 Å². The SMILES string of the molecule is Cc1ccc(C)c(OCCCSc2nnc(N3CCOCC3)n2Cc2ccccc2)c1. The van der Waals surface area contributed by atoms with Crippen molar-refractivity contribution in [2.45, 2.75) is 32.0 Å². The third-order valence-electron chi connectivity index (χ3n) is 5.30. The molecule has 0 saturated carbocycles. The van der Waals surface area contributed by atoms with Crippen LogP contribution in [0.25, 0.3) is 0 Å². The number of benzene rings is 2. The molecule has 6 nitrogen and oxygen atoms in total. The zero-order valence-corrected chi connectivity index (χ0v) is 19.1. The van der Waals surface area contributed by atoms with E-state index in [4.69, 9.17) is 9.47 Å². The Kier molecular flexibility index (Phi) is 7.48. The van der Waals surface area contributed by atoms with E-state index >= 15 is 0 Å². The van der Waals surface area contributed by atoms with Crippen LogP contribution in [-0.2, 0) is 11.3 Å². The van der Waals surface area contributed by atoms with E-state index in [-0.39, 0.29) is 0 Å². The standard InChI is InChI=1S/C24H30N4O2S/c1-19-9-10-20(2)22(17-19)30-13-6-16-31-24-26-25-23(27-11-14-29-15-12-27)28(24)18-21-7-4-3-5-8-21/h3-5,7-10,17H,6,11-16,18H2,1-2H3. The second kappa shape index (κ2) is 10.7. The minimum Gasteiger partial charge on any atom is -0.493 e. The molecule has 0 N–H and O–H groups in total. The van der Waals surface area contributed by atoms with Crippen LogP contribution in [0.4, 0.5) is 5.95 Å². The zero-order valence-electron chi connectivity index (χ0n) is 18.3. The molecule has 0 bridgehead atoms. The van der Waals surface area contributed by atoms with Gasteiger partial charge in [-0.3, -0.25) is 4.57 Å². The number of aromatic nitrogens is 3. The Hall–Kier alpha value is -2.51. The minimum absolute atomic E-state index is 0.695. The lowest BCUT2D eigenvalue weighted by molar-refractivity contribution is 0.121. The fourth-order valence-electron chi connectivity index (χ4n) is 3.56. The summed E-state index contributed by atoms with van der Waals surface area (Å²) in [5, 5.41) is 10.0. The molecular weight excluding hydrogens is 408 g/mol. The molecule has 31 heavy (non-hydrogen) atoms. The first-order valence-electron chi connectivity index (χ1n) is 10.8. The van der Waals surface area contributed by atoms with Crippen molar-refractivity contribution in [2.75, 3.05) is 43.6 Å². The maximum atomic E-state index is 6.00. The molecule has 7 heteroatoms. The number of ether oxygens (including phenoxy) is 2. The van der Waals surface area contributed by atoms with E-state index in [0.717, 1.165) is 61.9 Å². The number of thioether (sulfide) groups is 1. The lowest BCUT2D eigenvalue weighted by atomic mass is 10.1. The first kappa shape index (κ1) is 21.7. The molecule has 0 unspecified atom stereocenters. The first-order chi connectivity index (χ1) is 15.2. The average molecular weight is 439 g/mol. The van der Waals surface area contributed by atoms with Gasteiger partial charge in [-0.2, -0.15) is 0 Å². The fourth-order valence-corrected chi connectivity index (χ4v) is 4.40. The molecule has 4 rings (SSSR count). The predicted octanol–water partition coefficient (Wildman–Crippen LogP) is 4.34. The molecule has 0 spiro atoms. The van der Waals surface area contributed by atoms with Gasteiger partial charge in [-0.1, -0.05) is 54.2 Å². The van der Waals surface area contributed by atoms with E-state index in [2.05, 4.69) is 76.0 Å². The van der Waals surface area contributed by atoms with Crippen molar-refractivity contribution in [1.29, 1.82) is 0 Å². The Labute approximate surface area is 188 Å². The molecule has 0 aliphatic carbocycles. The molecule has 1 aliphatic heterocycles. The number of rotatable bonds is 9. The van der Waals surface area contributed by atoms with Gasteiger partial charge in [0.25, 0.3) is 0 Å². The van der Waals surface area contributed by atoms with E-state index in [9.17, 15) is 0 Å². The van der Waals surface area contributed by atoms with Gasteiger partial charge in [0.2, 0.25) is 5.95 Å². The van der Waals surface area contributed by atoms with Crippen molar-refractivity contribution in [1.82, 2.24) is 14.8 Å². The molecule has 1 aliphatic rings. The predicted molar refractivity (Wildman–Crippen MR) is 125 cm³/mol. The average Bonchev–Trinajstić information content (AvgIpc) is 3.19. The van der Waals surface area contributed by atoms with Crippen molar-refractivity contribution in [3.05, 3.63) is 65.2 Å². The van der Waals surface area contributed by atoms with Crippen molar-refractivity contribution in [2.24, 2.45) is 0 Å². The van der Waals surface area contributed by atoms with E-state index in [1.165, 1.54) is 16.7 Å². The second-order valence-electron chi connectivity index (χ2n) is 7.77. The summed E-state index contributed by atoms with van der Waals surface area (Å²) in [6.45, 7) is 8.80. The van der Waals surface area contributed by atoms with Gasteiger partial charge in [0.15, 0.2) is 5.16 Å². The number of nitrogens with zero attached hydrogens (tertiary/aromatic N) is 4. The summed E-state index contributed by atoms with van der Waals surface area (Å²) >= 11 is 1.75. The quantitative estimate of drug-likeness (QED) is 0.366. The van der Waals surface area contributed by atoms with Crippen LogP contribution in [0.5, 0.6) is 5.75 Å². The van der Waals surface area contributed by atoms with Crippen molar-refractivity contribution in [3.8, 4) is 5.75 Å². The Bertz CT molecular complexity index is 971. The van der Waals surface area contributed by atoms with Crippen LogP contribution in [0.2, 0.25) is 0 Å². The third-order valence-corrected chi connectivity index (χ3v) is 6.35. The maximum Gasteiger partial charge on any atom is 0.228 e. The molecule has 164 valence electrons. The molecule has 3 aromatic rings. The smallest absolute Gasteiger partial charge is 0.228 e. The number of hydrogen-bond acceptors (Lipinski definition) is 6. The summed E-state index contributed by atoms with van der Waals surface area (Å²) in [7, 11) is 0. The van der Waals surface area contributed by atoms with Gasteiger partial charge in [0.1, 0.15) is 5.75 Å². The molecule has 0 amide bonds. The monoisotopic (exact) mass is 438 g/mol. The summed E-state index contributed by atoms with van der Waals surface area (Å²) in [5.41, 5.74) is 3.65. The van der Waals surface area contributed by atoms with Crippen molar-refractivity contribution in [3.63, 3.8) is 0 Å². The molecule has 1 saturated heterocycles. The Morgan fingerprint density at radius 1 is 1.03 bits per heavy atom. The van der Waals surface area contributed by atoms with Crippen LogP contribution in [0.1, 0.15) is 23.1 Å². The lowest BCUT2D eigenvalue weighted by Gasteiger charge is -2.28. The molecule has 2 heterocycles. The summed E-state index contributed by atoms with van der Waals surface area (Å²) in [6.07, 6.45) is 0.948. The molecule has 2 aromatic carbocycles. The van der Waals surface area contributed by atoms with Crippen LogP contribution < -0.4 is 9.64 Å². The summed E-state index contributed by atoms with van der Waals surface area (Å²) in [5.74, 6) is 2.84. The normalized spacial score (nSPS) is 14.1. The lowest BCUT2D eigenvalue weighted by Crippen LogP contribution is -2.38. The van der Waals surface area contributed by atoms with E-state index in [0.29, 0.717) is 6.61 Å². The number of hydrogen-bond donors (Lipinski definition) is 0. The largest absolute Gasteiger partial charge is 0.493 e. The Morgan fingerprint density at radius 3 is 2.65 bits per heavy atom. The van der Waals surface area contributed by atoms with Gasteiger partial charge < -0.3 is 14.4 Å². The van der Waals surface area contributed by atoms with Gasteiger partial charge in [0.05, 0.1) is 26.4 Å². The number of aryl methyl sites for hydroxylation is 2. The highest BCUT2D eigenvalue weighted by molar-refractivity contribution is 7.99. The third kappa shape index (κ3) is 5.80. The first-order valence-corrected chi connectivity index (χ1v) is 11.8. The highest BCUT2D eigenvalue weighted by atomic mass is 32.2. The molecule has 0 atom stereocenters. The summed E-state index contributed by atoms with van der Waals surface area (Å²) in [4.78, 5) is 2.27. The fraction of sp³-hybridized carbons (Fsp3) is 0.417. The van der Waals surface area contributed by atoms with Crippen LogP contribution >= 0.6 is 11.8 Å². The van der Waals surface area contributed by atoms with E-state index in [1.54, 1.807) is 11.8 Å². The van der Waals surface area contributed by atoms with Crippen LogP contribution in [0, 0.1) is 13.8 Å². The summed E-state index contributed by atoms with van der Waals surface area (Å²) in [6, 6.07) is 16.8. The van der Waals surface area contributed by atoms with Gasteiger partial charge >= 0.3 is 0 Å². The zero-order chi connectivity index (χ0) is 21.5. The molecular formula is C24H30N4O2S. The van der Waals surface area contributed by atoms with Crippen molar-refractivity contribution < 1.29 is 9.47 Å². The molecule has 1 aromatic heterocycles. The van der Waals surface area contributed by atoms with E-state index in [1.807, 2.05) is 6.07 Å². The topological polar surface area (TPSA) is 52.4 Å². The highest BCUT2D eigenvalue weighted by Gasteiger charge is 2.20. The highest BCUT2D eigenvalue weighted by Crippen LogP contribution is 2.25. The number of anilines is 1. The molecule has 0 radical (unpaired) electrons. The maximum absolute atomic E-state index is 6.00. The van der Waals surface area contributed by atoms with Crippen LogP contribution in [-0.4, -0.2) is 53.4 Å². The number of morpholine rings is 1. The van der Waals surface area contributed by atoms with Crippen LogP contribution in [0.3, 0.4) is 0 Å². The van der Waals surface area contributed by atoms with Gasteiger partial charge in [-0.05, 0) is 43.0 Å². The minimum atomic E-state index is 0.695. The van der Waals surface area contributed by atoms with Crippen molar-refractivity contribution >= 4 is 17.7 Å².